The molecule has 0 aliphatic heterocycles. The summed E-state index contributed by atoms with van der Waals surface area (Å²) < 4.78 is 88.6. The fourth-order valence-corrected chi connectivity index (χ4v) is 0.966. The van der Waals surface area contributed by atoms with Crippen molar-refractivity contribution in [3.63, 3.8) is 0 Å². The van der Waals surface area contributed by atoms with Crippen molar-refractivity contribution in [3.8, 4) is 5.75 Å². The Kier molecular flexibility index (Phi) is 3.54. The third-order valence-corrected chi connectivity index (χ3v) is 1.70. The Hall–Kier alpha value is -1.80. The Balaban J connectivity index is 3.10. The van der Waals surface area contributed by atoms with Gasteiger partial charge < -0.3 is 4.74 Å². The summed E-state index contributed by atoms with van der Waals surface area (Å²) in [6, 6.07) is 1.40. The van der Waals surface area contributed by atoms with E-state index in [1.54, 1.807) is 0 Å². The number of halogens is 7. The van der Waals surface area contributed by atoms with Crippen molar-refractivity contribution in [2.75, 3.05) is 0 Å². The maximum atomic E-state index is 13.2. The number of esters is 1. The van der Waals surface area contributed by atoms with Gasteiger partial charge in [-0.15, -0.1) is 0 Å². The van der Waals surface area contributed by atoms with Gasteiger partial charge >= 0.3 is 18.3 Å². The molecular formula is C9H3F7O2. The van der Waals surface area contributed by atoms with E-state index in [0.29, 0.717) is 18.2 Å². The van der Waals surface area contributed by atoms with Crippen LogP contribution in [0.4, 0.5) is 30.7 Å². The second-order valence-electron chi connectivity index (χ2n) is 3.00. The minimum Gasteiger partial charge on any atom is -0.417 e. The predicted octanol–water partition coefficient (Wildman–Crippen LogP) is 3.31. The van der Waals surface area contributed by atoms with Crippen LogP contribution in [0.5, 0.6) is 5.75 Å². The van der Waals surface area contributed by atoms with Crippen LogP contribution in [0.1, 0.15) is 5.56 Å². The zero-order valence-corrected chi connectivity index (χ0v) is 8.19. The standard InChI is InChI=1S/C9H3F7O2/c10-6-4(8(11,12)13)2-1-3-5(6)18-7(17)9(14,15)16/h1-3H. The zero-order chi connectivity index (χ0) is 14.1. The van der Waals surface area contributed by atoms with Gasteiger partial charge in [-0.3, -0.25) is 0 Å². The zero-order valence-electron chi connectivity index (χ0n) is 8.19. The maximum absolute atomic E-state index is 13.2. The minimum absolute atomic E-state index is 0.306. The van der Waals surface area contributed by atoms with E-state index < -0.39 is 35.5 Å². The lowest BCUT2D eigenvalue weighted by Crippen LogP contribution is -2.28. The van der Waals surface area contributed by atoms with Crippen LogP contribution in [-0.2, 0) is 11.0 Å². The highest BCUT2D eigenvalue weighted by Crippen LogP contribution is 2.35. The van der Waals surface area contributed by atoms with Gasteiger partial charge in [0.1, 0.15) is 0 Å². The lowest BCUT2D eigenvalue weighted by atomic mass is 10.2. The summed E-state index contributed by atoms with van der Waals surface area (Å²) in [7, 11) is 0. The summed E-state index contributed by atoms with van der Waals surface area (Å²) in [5, 5.41) is 0. The van der Waals surface area contributed by atoms with Gasteiger partial charge in [0.25, 0.3) is 0 Å². The highest BCUT2D eigenvalue weighted by Gasteiger charge is 2.42. The number of benzene rings is 1. The third kappa shape index (κ3) is 3.11. The molecule has 0 bridgehead atoms. The number of ether oxygens (including phenoxy) is 1. The molecule has 0 aromatic heterocycles. The van der Waals surface area contributed by atoms with Gasteiger partial charge in [-0.1, -0.05) is 6.07 Å². The van der Waals surface area contributed by atoms with Crippen LogP contribution in [0.2, 0.25) is 0 Å². The molecule has 1 aromatic rings. The molecule has 0 aliphatic carbocycles. The highest BCUT2D eigenvalue weighted by molar-refractivity contribution is 5.78. The smallest absolute Gasteiger partial charge is 0.417 e. The van der Waals surface area contributed by atoms with E-state index in [0.717, 1.165) is 0 Å². The van der Waals surface area contributed by atoms with Crippen LogP contribution in [0.25, 0.3) is 0 Å². The molecule has 0 N–H and O–H groups in total. The molecular weight excluding hydrogens is 273 g/mol. The summed E-state index contributed by atoms with van der Waals surface area (Å²) >= 11 is 0. The van der Waals surface area contributed by atoms with Crippen LogP contribution in [-0.4, -0.2) is 12.1 Å². The van der Waals surface area contributed by atoms with E-state index in [1.165, 1.54) is 0 Å². The van der Waals surface area contributed by atoms with Crippen molar-refractivity contribution in [2.24, 2.45) is 0 Å². The molecule has 1 rings (SSSR count). The van der Waals surface area contributed by atoms with Crippen LogP contribution in [0.3, 0.4) is 0 Å². The number of alkyl halides is 6. The summed E-state index contributed by atoms with van der Waals surface area (Å²) in [5.41, 5.74) is -1.82. The SMILES string of the molecule is O=C(Oc1cccc(C(F)(F)F)c1F)C(F)(F)F. The first-order valence-corrected chi connectivity index (χ1v) is 4.18. The van der Waals surface area contributed by atoms with Gasteiger partial charge in [0.15, 0.2) is 11.6 Å². The largest absolute Gasteiger partial charge is 0.491 e. The van der Waals surface area contributed by atoms with Crippen molar-refractivity contribution in [1.29, 1.82) is 0 Å². The summed E-state index contributed by atoms with van der Waals surface area (Å²) in [5.74, 6) is -6.32. The Morgan fingerprint density at radius 3 is 2.06 bits per heavy atom. The van der Waals surface area contributed by atoms with Crippen molar-refractivity contribution < 1.29 is 40.3 Å². The van der Waals surface area contributed by atoms with Gasteiger partial charge in [0.2, 0.25) is 0 Å². The van der Waals surface area contributed by atoms with Crippen LogP contribution < -0.4 is 4.74 Å². The van der Waals surface area contributed by atoms with Gasteiger partial charge in [0.05, 0.1) is 5.56 Å². The maximum Gasteiger partial charge on any atom is 0.491 e. The highest BCUT2D eigenvalue weighted by atomic mass is 19.4. The average molecular weight is 276 g/mol. The van der Waals surface area contributed by atoms with E-state index in [1.807, 2.05) is 0 Å². The average Bonchev–Trinajstić information content (AvgIpc) is 2.17. The molecule has 0 unspecified atom stereocenters. The number of hydrogen-bond donors (Lipinski definition) is 0. The molecule has 2 nitrogen and oxygen atoms in total. The van der Waals surface area contributed by atoms with E-state index in [9.17, 15) is 35.5 Å². The summed E-state index contributed by atoms with van der Waals surface area (Å²) in [6.07, 6.45) is -10.5. The molecule has 0 saturated carbocycles. The molecule has 0 spiro atoms. The van der Waals surface area contributed by atoms with E-state index in [4.69, 9.17) is 0 Å². The van der Waals surface area contributed by atoms with Gasteiger partial charge in [-0.25, -0.2) is 9.18 Å². The molecule has 0 radical (unpaired) electrons. The topological polar surface area (TPSA) is 26.3 Å². The molecule has 0 amide bonds. The molecule has 9 heteroatoms. The second kappa shape index (κ2) is 4.46. The fraction of sp³-hybridized carbons (Fsp3) is 0.222. The lowest BCUT2D eigenvalue weighted by Gasteiger charge is -2.11. The Labute approximate surface area is 95.0 Å². The van der Waals surface area contributed by atoms with Crippen molar-refractivity contribution in [2.45, 2.75) is 12.4 Å². The first kappa shape index (κ1) is 14.3. The number of hydrogen-bond acceptors (Lipinski definition) is 2. The Bertz CT molecular complexity index is 461. The van der Waals surface area contributed by atoms with E-state index >= 15 is 0 Å². The number of carbonyl (C=O) groups excluding carboxylic acids is 1. The van der Waals surface area contributed by atoms with Gasteiger partial charge in [-0.05, 0) is 12.1 Å². The molecule has 0 atom stereocenters. The predicted molar refractivity (Wildman–Crippen MR) is 43.1 cm³/mol. The van der Waals surface area contributed by atoms with E-state index in [-0.39, 0.29) is 0 Å². The molecule has 0 saturated heterocycles. The molecule has 18 heavy (non-hydrogen) atoms. The molecule has 0 heterocycles. The Morgan fingerprint density at radius 1 is 1.06 bits per heavy atom. The molecule has 0 aliphatic rings. The Morgan fingerprint density at radius 2 is 1.61 bits per heavy atom. The molecule has 1 aromatic carbocycles. The van der Waals surface area contributed by atoms with E-state index in [2.05, 4.69) is 4.74 Å². The fourth-order valence-electron chi connectivity index (χ4n) is 0.966. The molecule has 100 valence electrons. The van der Waals surface area contributed by atoms with Crippen LogP contribution >= 0.6 is 0 Å². The quantitative estimate of drug-likeness (QED) is 0.447. The van der Waals surface area contributed by atoms with Crippen molar-refractivity contribution in [1.82, 2.24) is 0 Å². The van der Waals surface area contributed by atoms with Gasteiger partial charge in [0, 0.05) is 0 Å². The van der Waals surface area contributed by atoms with Crippen LogP contribution in [0.15, 0.2) is 18.2 Å². The van der Waals surface area contributed by atoms with Gasteiger partial charge in [-0.2, -0.15) is 26.3 Å². The minimum atomic E-state index is -5.43. The number of carbonyl (C=O) groups is 1. The lowest BCUT2D eigenvalue weighted by molar-refractivity contribution is -0.190. The summed E-state index contributed by atoms with van der Waals surface area (Å²) in [6.45, 7) is 0. The summed E-state index contributed by atoms with van der Waals surface area (Å²) in [4.78, 5) is 10.4. The van der Waals surface area contributed by atoms with Crippen molar-refractivity contribution in [3.05, 3.63) is 29.6 Å². The monoisotopic (exact) mass is 276 g/mol. The van der Waals surface area contributed by atoms with Crippen molar-refractivity contribution >= 4 is 5.97 Å². The van der Waals surface area contributed by atoms with Crippen LogP contribution in [0, 0.1) is 5.82 Å². The number of rotatable bonds is 1. The molecule has 0 fully saturated rings. The third-order valence-electron chi connectivity index (χ3n) is 1.70. The second-order valence-corrected chi connectivity index (χ2v) is 3.00. The normalized spacial score (nSPS) is 12.4. The first-order chi connectivity index (χ1) is 8.03. The first-order valence-electron chi connectivity index (χ1n) is 4.18.